The maximum Gasteiger partial charge on any atom is 0.356 e. The predicted molar refractivity (Wildman–Crippen MR) is 106 cm³/mol. The fourth-order valence-corrected chi connectivity index (χ4v) is 2.12. The van der Waals surface area contributed by atoms with E-state index in [1.54, 1.807) is 28.2 Å². The molecule has 0 radical (unpaired) electrons. The largest absolute Gasteiger partial charge is 0.476 e. The zero-order chi connectivity index (χ0) is 22.1. The van der Waals surface area contributed by atoms with Crippen molar-refractivity contribution in [3.8, 4) is 0 Å². The summed E-state index contributed by atoms with van der Waals surface area (Å²) in [6.45, 7) is 0. The lowest BCUT2D eigenvalue weighted by atomic mass is 10.1. The number of anilines is 1. The summed E-state index contributed by atoms with van der Waals surface area (Å²) in [5.41, 5.74) is -0.206. The molecule has 11 heteroatoms. The summed E-state index contributed by atoms with van der Waals surface area (Å²) < 4.78 is 0. The monoisotopic (exact) mass is 421 g/mol. The van der Waals surface area contributed by atoms with Gasteiger partial charge < -0.3 is 20.2 Å². The van der Waals surface area contributed by atoms with E-state index < -0.39 is 17.6 Å². The summed E-state index contributed by atoms with van der Waals surface area (Å²) in [5.74, 6) is -2.39. The number of carboxylic acid groups (broad SMARTS) is 1. The van der Waals surface area contributed by atoms with Crippen LogP contribution in [0.2, 0.25) is 5.02 Å². The molecule has 29 heavy (non-hydrogen) atoms. The van der Waals surface area contributed by atoms with Crippen molar-refractivity contribution in [3.05, 3.63) is 52.6 Å². The zero-order valence-electron chi connectivity index (χ0n) is 16.2. The molecule has 0 bridgehead atoms. The Balaban J connectivity index is 0.000000749. The van der Waals surface area contributed by atoms with Crippen LogP contribution in [0.3, 0.4) is 0 Å². The number of nitrogens with one attached hydrogen (secondary N) is 1. The number of halogens is 1. The highest BCUT2D eigenvalue weighted by molar-refractivity contribution is 6.34. The number of aromatic carboxylic acids is 1. The molecule has 1 aromatic carbocycles. The Hall–Kier alpha value is -3.53. The second kappa shape index (κ2) is 10.7. The van der Waals surface area contributed by atoms with E-state index in [4.69, 9.17) is 16.7 Å². The summed E-state index contributed by atoms with van der Waals surface area (Å²) in [4.78, 5) is 54.8. The van der Waals surface area contributed by atoms with Gasteiger partial charge in [-0.15, -0.1) is 0 Å². The first kappa shape index (κ1) is 23.5. The minimum Gasteiger partial charge on any atom is -0.476 e. The highest BCUT2D eigenvalue weighted by Crippen LogP contribution is 2.22. The molecule has 0 aliphatic heterocycles. The Morgan fingerprint density at radius 1 is 1.07 bits per heavy atom. The van der Waals surface area contributed by atoms with Crippen molar-refractivity contribution in [2.45, 2.75) is 0 Å². The molecule has 10 nitrogen and oxygen atoms in total. The molecular weight excluding hydrogens is 402 g/mol. The van der Waals surface area contributed by atoms with Gasteiger partial charge in [-0.05, 0) is 18.2 Å². The Labute approximate surface area is 172 Å². The smallest absolute Gasteiger partial charge is 0.356 e. The average Bonchev–Trinajstić information content (AvgIpc) is 2.67. The molecule has 3 amide bonds. The molecule has 0 aliphatic carbocycles. The first-order valence-electron chi connectivity index (χ1n) is 8.07. The van der Waals surface area contributed by atoms with Gasteiger partial charge in [-0.25, -0.2) is 14.8 Å². The number of nitrogens with zero attached hydrogens (tertiary/aromatic N) is 4. The molecular formula is C18H20ClN5O5. The third-order valence-electron chi connectivity index (χ3n) is 3.19. The fraction of sp³-hybridized carbons (Fsp3) is 0.222. The van der Waals surface area contributed by atoms with Gasteiger partial charge in [-0.3, -0.25) is 14.4 Å². The zero-order valence-corrected chi connectivity index (χ0v) is 17.0. The van der Waals surface area contributed by atoms with E-state index in [1.807, 2.05) is 0 Å². The number of hydrogen-bond donors (Lipinski definition) is 2. The van der Waals surface area contributed by atoms with Gasteiger partial charge >= 0.3 is 5.97 Å². The van der Waals surface area contributed by atoms with Gasteiger partial charge in [-0.1, -0.05) is 11.6 Å². The summed E-state index contributed by atoms with van der Waals surface area (Å²) in [7, 11) is 6.56. The lowest BCUT2D eigenvalue weighted by Gasteiger charge is -2.13. The molecule has 1 heterocycles. The van der Waals surface area contributed by atoms with Crippen LogP contribution in [0.5, 0.6) is 0 Å². The van der Waals surface area contributed by atoms with Crippen LogP contribution in [-0.4, -0.2) is 77.3 Å². The second-order valence-electron chi connectivity index (χ2n) is 5.98. The SMILES string of the molecule is CN(C)C(=O)c1ccc(NC(=O)c2nccnc2C(=O)O)cc1Cl.CN(C)C=O. The molecule has 0 saturated carbocycles. The number of aromatic nitrogens is 2. The number of benzene rings is 1. The minimum atomic E-state index is -1.36. The Morgan fingerprint density at radius 3 is 2.07 bits per heavy atom. The van der Waals surface area contributed by atoms with Crippen LogP contribution in [-0.2, 0) is 4.79 Å². The molecule has 2 N–H and O–H groups in total. The van der Waals surface area contributed by atoms with E-state index in [9.17, 15) is 19.2 Å². The van der Waals surface area contributed by atoms with Crippen LogP contribution in [0.4, 0.5) is 5.69 Å². The lowest BCUT2D eigenvalue weighted by molar-refractivity contribution is -0.115. The maximum absolute atomic E-state index is 12.2. The van der Waals surface area contributed by atoms with Crippen LogP contribution in [0.15, 0.2) is 30.6 Å². The van der Waals surface area contributed by atoms with Crippen LogP contribution in [0, 0.1) is 0 Å². The molecule has 0 unspecified atom stereocenters. The van der Waals surface area contributed by atoms with E-state index in [-0.39, 0.29) is 22.2 Å². The van der Waals surface area contributed by atoms with Crippen LogP contribution in [0.25, 0.3) is 0 Å². The van der Waals surface area contributed by atoms with Crippen molar-refractivity contribution in [2.24, 2.45) is 0 Å². The van der Waals surface area contributed by atoms with Crippen molar-refractivity contribution in [3.63, 3.8) is 0 Å². The summed E-state index contributed by atoms with van der Waals surface area (Å²) in [6, 6.07) is 4.35. The number of rotatable bonds is 5. The molecule has 1 aromatic heterocycles. The van der Waals surface area contributed by atoms with Gasteiger partial charge in [0.05, 0.1) is 10.6 Å². The minimum absolute atomic E-state index is 0.157. The number of amides is 3. The fourth-order valence-electron chi connectivity index (χ4n) is 1.86. The van der Waals surface area contributed by atoms with Crippen molar-refractivity contribution >= 4 is 41.5 Å². The molecule has 2 aromatic rings. The molecule has 0 aliphatic rings. The van der Waals surface area contributed by atoms with E-state index >= 15 is 0 Å². The van der Waals surface area contributed by atoms with E-state index in [2.05, 4.69) is 15.3 Å². The first-order valence-corrected chi connectivity index (χ1v) is 8.44. The van der Waals surface area contributed by atoms with Crippen LogP contribution < -0.4 is 5.32 Å². The van der Waals surface area contributed by atoms with Gasteiger partial charge in [0.15, 0.2) is 11.4 Å². The van der Waals surface area contributed by atoms with Crippen LogP contribution in [0.1, 0.15) is 31.3 Å². The van der Waals surface area contributed by atoms with Gasteiger partial charge in [-0.2, -0.15) is 0 Å². The third kappa shape index (κ3) is 6.85. The van der Waals surface area contributed by atoms with E-state index in [0.29, 0.717) is 5.69 Å². The van der Waals surface area contributed by atoms with Crippen molar-refractivity contribution in [1.29, 1.82) is 0 Å². The molecule has 0 fully saturated rings. The van der Waals surface area contributed by atoms with E-state index in [1.165, 1.54) is 40.4 Å². The number of carboxylic acids is 1. The number of carbonyl (C=O) groups excluding carboxylic acids is 3. The highest BCUT2D eigenvalue weighted by atomic mass is 35.5. The quantitative estimate of drug-likeness (QED) is 0.698. The highest BCUT2D eigenvalue weighted by Gasteiger charge is 2.20. The average molecular weight is 422 g/mol. The molecule has 0 atom stereocenters. The normalized spacial score (nSPS) is 9.55. The first-order chi connectivity index (χ1) is 13.6. The Kier molecular flexibility index (Phi) is 8.69. The molecule has 2 rings (SSSR count). The molecule has 0 saturated heterocycles. The second-order valence-corrected chi connectivity index (χ2v) is 6.38. The van der Waals surface area contributed by atoms with E-state index in [0.717, 1.165) is 6.41 Å². The standard InChI is InChI=1S/C15H13ClN4O4.C3H7NO/c1-20(2)14(22)9-4-3-8(7-10(9)16)19-13(21)11-12(15(23)24)18-6-5-17-11;1-4(2)3-5/h3-7H,1-2H3,(H,19,21)(H,23,24);3H,1-2H3. The van der Waals surface area contributed by atoms with Gasteiger partial charge in [0.25, 0.3) is 11.8 Å². The number of carbonyl (C=O) groups is 4. The topological polar surface area (TPSA) is 133 Å². The lowest BCUT2D eigenvalue weighted by Crippen LogP contribution is -2.22. The summed E-state index contributed by atoms with van der Waals surface area (Å²) in [6.07, 6.45) is 3.14. The number of hydrogen-bond acceptors (Lipinski definition) is 6. The van der Waals surface area contributed by atoms with Crippen molar-refractivity contribution in [2.75, 3.05) is 33.5 Å². The van der Waals surface area contributed by atoms with Crippen molar-refractivity contribution < 1.29 is 24.3 Å². The predicted octanol–water partition coefficient (Wildman–Crippen LogP) is 1.49. The molecule has 0 spiro atoms. The van der Waals surface area contributed by atoms with Crippen molar-refractivity contribution in [1.82, 2.24) is 19.8 Å². The summed E-state index contributed by atoms with van der Waals surface area (Å²) >= 11 is 6.06. The third-order valence-corrected chi connectivity index (χ3v) is 3.50. The summed E-state index contributed by atoms with van der Waals surface area (Å²) in [5, 5.41) is 11.7. The Morgan fingerprint density at radius 2 is 1.62 bits per heavy atom. The Bertz CT molecular complexity index is 917. The van der Waals surface area contributed by atoms with Gasteiger partial charge in [0.2, 0.25) is 6.41 Å². The maximum atomic E-state index is 12.2. The van der Waals surface area contributed by atoms with Crippen LogP contribution >= 0.6 is 11.6 Å². The van der Waals surface area contributed by atoms with Gasteiger partial charge in [0.1, 0.15) is 0 Å². The molecule has 154 valence electrons. The van der Waals surface area contributed by atoms with Gasteiger partial charge in [0, 0.05) is 46.3 Å².